The number of nitrogens with one attached hydrogen (secondary N) is 3. The molecule has 1 aliphatic carbocycles. The van der Waals surface area contributed by atoms with Gasteiger partial charge in [0.25, 0.3) is 0 Å². The maximum atomic E-state index is 11.3. The van der Waals surface area contributed by atoms with Gasteiger partial charge in [0.05, 0.1) is 11.1 Å². The van der Waals surface area contributed by atoms with Crippen molar-refractivity contribution in [2.75, 3.05) is 32.6 Å². The lowest BCUT2D eigenvalue weighted by atomic mass is 9.89. The van der Waals surface area contributed by atoms with Crippen LogP contribution in [0.25, 0.3) is 0 Å². The first kappa shape index (κ1) is 28.2. The summed E-state index contributed by atoms with van der Waals surface area (Å²) in [7, 11) is 3.72. The molecule has 7 nitrogen and oxygen atoms in total. The molecule has 0 bridgehead atoms. The van der Waals surface area contributed by atoms with Gasteiger partial charge in [0, 0.05) is 31.4 Å². The zero-order valence-corrected chi connectivity index (χ0v) is 21.4. The molecule has 0 radical (unpaired) electrons. The van der Waals surface area contributed by atoms with Gasteiger partial charge in [0.2, 0.25) is 0 Å². The monoisotopic (exact) mass is 454 g/mol. The van der Waals surface area contributed by atoms with Gasteiger partial charge in [-0.3, -0.25) is 9.47 Å². The number of nitrogens with zero attached hydrogens (tertiary/aromatic N) is 2. The standard InChI is InChI=1S/C22H31N5O.C4H11N/c1-7-15(3)19(11-22(5,8-2)14-25-18-9-10-18)26-21(23)20-16(4)17(13-28)12-27(20)24-6;1-3-4-5-2/h2,7,11-13,18,24-25H,9-10,14H2,1,3-6H3,(H2,23,26);5H,3-4H2,1-2H3/b15-7-,19-11+;. The van der Waals surface area contributed by atoms with E-state index in [1.165, 1.54) is 19.3 Å². The third-order valence-corrected chi connectivity index (χ3v) is 5.61. The maximum absolute atomic E-state index is 11.3. The molecule has 0 aliphatic heterocycles. The average Bonchev–Trinajstić information content (AvgIpc) is 3.59. The van der Waals surface area contributed by atoms with Crippen LogP contribution in [0.1, 0.15) is 68.6 Å². The Hall–Kier alpha value is -2.82. The molecule has 7 heteroatoms. The highest BCUT2D eigenvalue weighted by atomic mass is 16.1. The number of nitrogens with two attached hydrogens (primary N) is 1. The van der Waals surface area contributed by atoms with Crippen LogP contribution in [0.3, 0.4) is 0 Å². The lowest BCUT2D eigenvalue weighted by Crippen LogP contribution is -2.31. The molecule has 0 spiro atoms. The quantitative estimate of drug-likeness (QED) is 0.135. The maximum Gasteiger partial charge on any atom is 0.151 e. The Labute approximate surface area is 200 Å². The van der Waals surface area contributed by atoms with E-state index in [0.717, 1.165) is 29.7 Å². The van der Waals surface area contributed by atoms with Crippen LogP contribution < -0.4 is 21.8 Å². The second-order valence-electron chi connectivity index (χ2n) is 8.59. The molecule has 1 unspecified atom stereocenters. The molecule has 5 N–H and O–H groups in total. The van der Waals surface area contributed by atoms with E-state index in [9.17, 15) is 4.79 Å². The topological polar surface area (TPSA) is 96.5 Å². The number of rotatable bonds is 11. The van der Waals surface area contributed by atoms with E-state index in [-0.39, 0.29) is 0 Å². The number of aliphatic imine (C=N–C) groups is 1. The molecule has 1 heterocycles. The summed E-state index contributed by atoms with van der Waals surface area (Å²) < 4.78 is 1.70. The van der Waals surface area contributed by atoms with Crippen LogP contribution in [0.5, 0.6) is 0 Å². The smallest absolute Gasteiger partial charge is 0.151 e. The van der Waals surface area contributed by atoms with Gasteiger partial charge in [-0.25, -0.2) is 4.99 Å². The summed E-state index contributed by atoms with van der Waals surface area (Å²) in [5, 5.41) is 6.51. The second kappa shape index (κ2) is 13.7. The Morgan fingerprint density at radius 3 is 2.52 bits per heavy atom. The Balaban J connectivity index is 0.000000981. The summed E-state index contributed by atoms with van der Waals surface area (Å²) >= 11 is 0. The molecule has 2 rings (SSSR count). The van der Waals surface area contributed by atoms with Gasteiger partial charge >= 0.3 is 0 Å². The Morgan fingerprint density at radius 1 is 1.42 bits per heavy atom. The van der Waals surface area contributed by atoms with Crippen molar-refractivity contribution < 1.29 is 4.79 Å². The summed E-state index contributed by atoms with van der Waals surface area (Å²) in [6.45, 7) is 11.8. The molecular formula is C26H42N6O. The molecule has 1 aromatic rings. The Bertz CT molecular complexity index is 912. The number of aldehydes is 1. The molecule has 1 atom stereocenters. The van der Waals surface area contributed by atoms with E-state index >= 15 is 0 Å². The third kappa shape index (κ3) is 8.56. The number of hydrogen-bond acceptors (Lipinski definition) is 5. The summed E-state index contributed by atoms with van der Waals surface area (Å²) in [5.41, 5.74) is 12.6. The molecule has 1 fully saturated rings. The lowest BCUT2D eigenvalue weighted by molar-refractivity contribution is 0.112. The fourth-order valence-electron chi connectivity index (χ4n) is 3.13. The zero-order valence-electron chi connectivity index (χ0n) is 21.4. The van der Waals surface area contributed by atoms with Crippen molar-refractivity contribution in [2.24, 2.45) is 16.1 Å². The molecule has 1 aliphatic rings. The minimum absolute atomic E-state index is 0.321. The number of terminal acetylenes is 1. The Kier molecular flexibility index (Phi) is 11.7. The van der Waals surface area contributed by atoms with Crippen LogP contribution >= 0.6 is 0 Å². The van der Waals surface area contributed by atoms with Gasteiger partial charge in [-0.2, -0.15) is 0 Å². The van der Waals surface area contributed by atoms with E-state index < -0.39 is 5.41 Å². The van der Waals surface area contributed by atoms with E-state index in [1.54, 1.807) is 17.9 Å². The number of allylic oxidation sites excluding steroid dienone is 2. The van der Waals surface area contributed by atoms with E-state index in [0.29, 0.717) is 29.7 Å². The fourth-order valence-corrected chi connectivity index (χ4v) is 3.13. The number of amidine groups is 1. The van der Waals surface area contributed by atoms with E-state index in [1.807, 2.05) is 46.9 Å². The van der Waals surface area contributed by atoms with Crippen LogP contribution in [0, 0.1) is 24.7 Å². The molecular weight excluding hydrogens is 412 g/mol. The predicted molar refractivity (Wildman–Crippen MR) is 140 cm³/mol. The highest BCUT2D eigenvalue weighted by Gasteiger charge is 2.26. The van der Waals surface area contributed by atoms with E-state index in [4.69, 9.17) is 17.1 Å². The van der Waals surface area contributed by atoms with Crippen LogP contribution in [-0.2, 0) is 0 Å². The third-order valence-electron chi connectivity index (χ3n) is 5.61. The molecule has 1 aromatic heterocycles. The van der Waals surface area contributed by atoms with Gasteiger partial charge in [-0.15, -0.1) is 6.42 Å². The highest BCUT2D eigenvalue weighted by molar-refractivity contribution is 6.00. The van der Waals surface area contributed by atoms with Gasteiger partial charge in [-0.1, -0.05) is 18.9 Å². The van der Waals surface area contributed by atoms with Crippen LogP contribution in [-0.4, -0.2) is 50.0 Å². The lowest BCUT2D eigenvalue weighted by Gasteiger charge is -2.21. The first-order valence-corrected chi connectivity index (χ1v) is 11.6. The predicted octanol–water partition coefficient (Wildman–Crippen LogP) is 3.35. The van der Waals surface area contributed by atoms with Crippen molar-refractivity contribution >= 4 is 12.1 Å². The fraction of sp³-hybridized carbons (Fsp3) is 0.538. The van der Waals surface area contributed by atoms with Crippen LogP contribution in [0.4, 0.5) is 0 Å². The second-order valence-corrected chi connectivity index (χ2v) is 8.59. The van der Waals surface area contributed by atoms with E-state index in [2.05, 4.69) is 28.9 Å². The SMILES string of the molecule is C#CC(C)(/C=C(N=C(N)c1c(C)c(C=O)cn1NC)\C(C)=C/C)CNC1CC1.CCCNC. The summed E-state index contributed by atoms with van der Waals surface area (Å²) in [6, 6.07) is 0.573. The summed E-state index contributed by atoms with van der Waals surface area (Å²) in [6.07, 6.45) is 16.0. The Morgan fingerprint density at radius 2 is 2.09 bits per heavy atom. The van der Waals surface area contributed by atoms with Gasteiger partial charge in [0.1, 0.15) is 11.5 Å². The number of hydrogen-bond donors (Lipinski definition) is 4. The van der Waals surface area contributed by atoms with Gasteiger partial charge in [-0.05, 0) is 77.8 Å². The molecule has 0 amide bonds. The van der Waals surface area contributed by atoms with Gasteiger partial charge < -0.3 is 21.8 Å². The number of aromatic nitrogens is 1. The van der Waals surface area contributed by atoms with Crippen molar-refractivity contribution in [1.29, 1.82) is 0 Å². The highest BCUT2D eigenvalue weighted by Crippen LogP contribution is 2.26. The largest absolute Gasteiger partial charge is 0.382 e. The summed E-state index contributed by atoms with van der Waals surface area (Å²) in [5.74, 6) is 3.21. The molecule has 0 aromatic carbocycles. The molecule has 182 valence electrons. The first-order valence-electron chi connectivity index (χ1n) is 11.6. The minimum Gasteiger partial charge on any atom is -0.382 e. The number of carbonyl (C=O) groups excluding carboxylic acids is 1. The average molecular weight is 455 g/mol. The van der Waals surface area contributed by atoms with Crippen molar-refractivity contribution in [3.63, 3.8) is 0 Å². The normalized spacial score (nSPS) is 16.4. The zero-order chi connectivity index (χ0) is 25.0. The molecule has 33 heavy (non-hydrogen) atoms. The van der Waals surface area contributed by atoms with Crippen molar-refractivity contribution in [2.45, 2.75) is 59.9 Å². The van der Waals surface area contributed by atoms with Gasteiger partial charge in [0.15, 0.2) is 6.29 Å². The van der Waals surface area contributed by atoms with Crippen molar-refractivity contribution in [3.8, 4) is 12.3 Å². The summed E-state index contributed by atoms with van der Waals surface area (Å²) in [4.78, 5) is 16.0. The van der Waals surface area contributed by atoms with Crippen molar-refractivity contribution in [1.82, 2.24) is 15.3 Å². The molecule has 0 saturated heterocycles. The number of carbonyl (C=O) groups is 1. The minimum atomic E-state index is -0.486. The van der Waals surface area contributed by atoms with Crippen LogP contribution in [0.15, 0.2) is 34.6 Å². The van der Waals surface area contributed by atoms with Crippen LogP contribution in [0.2, 0.25) is 0 Å². The van der Waals surface area contributed by atoms with Crippen molar-refractivity contribution in [3.05, 3.63) is 46.4 Å². The first-order chi connectivity index (χ1) is 15.7. The molecule has 1 saturated carbocycles.